The molecule has 0 aliphatic rings. The van der Waals surface area contributed by atoms with Crippen molar-refractivity contribution in [1.29, 1.82) is 0 Å². The predicted molar refractivity (Wildman–Crippen MR) is 81.6 cm³/mol. The number of nitrogens with one attached hydrogen (secondary N) is 1. The van der Waals surface area contributed by atoms with E-state index < -0.39 is 22.0 Å². The van der Waals surface area contributed by atoms with Crippen LogP contribution in [0.2, 0.25) is 0 Å². The Bertz CT molecular complexity index is 430. The van der Waals surface area contributed by atoms with Gasteiger partial charge in [0.05, 0.1) is 12.9 Å². The number of likely N-dealkylation sites (N-methyl/N-ethyl adjacent to an activating group) is 1. The molecule has 1 amide bonds. The lowest BCUT2D eigenvalue weighted by Gasteiger charge is -2.18. The molecule has 0 spiro atoms. The molecular formula is C11H24ClN3O5S. The molecule has 0 saturated carbocycles. The van der Waals surface area contributed by atoms with E-state index in [2.05, 4.69) is 9.46 Å². The number of sulfonamides is 1. The molecule has 1 atom stereocenters. The third kappa shape index (κ3) is 9.62. The molecular weight excluding hydrogens is 322 g/mol. The Kier molecular flexibility index (Phi) is 11.5. The van der Waals surface area contributed by atoms with Crippen LogP contribution >= 0.6 is 12.4 Å². The maximum atomic E-state index is 11.7. The van der Waals surface area contributed by atoms with Gasteiger partial charge in [0.1, 0.15) is 6.04 Å². The van der Waals surface area contributed by atoms with Crippen LogP contribution in [0.15, 0.2) is 0 Å². The summed E-state index contributed by atoms with van der Waals surface area (Å²) >= 11 is 0. The number of rotatable bonds is 9. The van der Waals surface area contributed by atoms with Crippen LogP contribution in [0, 0.1) is 0 Å². The van der Waals surface area contributed by atoms with Crippen molar-refractivity contribution in [2.24, 2.45) is 5.73 Å². The summed E-state index contributed by atoms with van der Waals surface area (Å²) in [7, 11) is -0.456. The Labute approximate surface area is 131 Å². The normalized spacial score (nSPS) is 12.2. The molecule has 8 nitrogen and oxygen atoms in total. The highest BCUT2D eigenvalue weighted by Gasteiger charge is 2.17. The molecule has 0 aromatic carbocycles. The van der Waals surface area contributed by atoms with Gasteiger partial charge in [-0.2, -0.15) is 0 Å². The molecule has 126 valence electrons. The topological polar surface area (TPSA) is 119 Å². The lowest BCUT2D eigenvalue weighted by Crippen LogP contribution is -2.38. The molecule has 0 fully saturated rings. The van der Waals surface area contributed by atoms with E-state index in [1.807, 2.05) is 0 Å². The number of amides is 1. The number of halogens is 1. The van der Waals surface area contributed by atoms with Crippen LogP contribution < -0.4 is 10.5 Å². The predicted octanol–water partition coefficient (Wildman–Crippen LogP) is -0.914. The van der Waals surface area contributed by atoms with Gasteiger partial charge in [0, 0.05) is 26.6 Å². The van der Waals surface area contributed by atoms with Crippen LogP contribution in [0.5, 0.6) is 0 Å². The van der Waals surface area contributed by atoms with Gasteiger partial charge in [-0.1, -0.05) is 0 Å². The van der Waals surface area contributed by atoms with Gasteiger partial charge in [-0.25, -0.2) is 13.1 Å². The molecule has 0 aromatic rings. The number of methoxy groups -OCH3 is 1. The standard InChI is InChI=1S/C11H23N3O5S.ClH/c1-4-20(17,18)13-7-8-14(2)10(15)6-5-9(12)11(16)19-3;/h9,13H,4-8,12H2,1-3H3;1H/t9-;/m0./s1. The minimum absolute atomic E-state index is 0. The Morgan fingerprint density at radius 3 is 2.43 bits per heavy atom. The van der Waals surface area contributed by atoms with E-state index in [1.54, 1.807) is 7.05 Å². The highest BCUT2D eigenvalue weighted by atomic mass is 35.5. The Morgan fingerprint density at radius 1 is 1.38 bits per heavy atom. The zero-order valence-electron chi connectivity index (χ0n) is 12.5. The van der Waals surface area contributed by atoms with Crippen molar-refractivity contribution in [3.63, 3.8) is 0 Å². The van der Waals surface area contributed by atoms with Crippen LogP contribution in [-0.2, 0) is 24.3 Å². The van der Waals surface area contributed by atoms with Crippen LogP contribution in [0.3, 0.4) is 0 Å². The summed E-state index contributed by atoms with van der Waals surface area (Å²) < 4.78 is 29.2. The summed E-state index contributed by atoms with van der Waals surface area (Å²) in [6.07, 6.45) is 0.295. The molecule has 0 unspecified atom stereocenters. The SMILES string of the molecule is CCS(=O)(=O)NCCN(C)C(=O)CC[C@H](N)C(=O)OC.Cl. The molecule has 0 aromatic heterocycles. The third-order valence-corrected chi connectivity index (χ3v) is 4.15. The van der Waals surface area contributed by atoms with E-state index in [-0.39, 0.29) is 50.0 Å². The van der Waals surface area contributed by atoms with E-state index in [1.165, 1.54) is 18.9 Å². The molecule has 10 heteroatoms. The summed E-state index contributed by atoms with van der Waals surface area (Å²) in [6.45, 7) is 1.94. The fourth-order valence-electron chi connectivity index (χ4n) is 1.33. The van der Waals surface area contributed by atoms with Gasteiger partial charge >= 0.3 is 5.97 Å². The van der Waals surface area contributed by atoms with E-state index >= 15 is 0 Å². The van der Waals surface area contributed by atoms with E-state index in [0.717, 1.165) is 0 Å². The summed E-state index contributed by atoms with van der Waals surface area (Å²) in [6, 6.07) is -0.823. The van der Waals surface area contributed by atoms with Gasteiger partial charge < -0.3 is 15.4 Å². The van der Waals surface area contributed by atoms with Crippen molar-refractivity contribution in [3.8, 4) is 0 Å². The lowest BCUT2D eigenvalue weighted by molar-refractivity contribution is -0.142. The molecule has 0 rings (SSSR count). The summed E-state index contributed by atoms with van der Waals surface area (Å²) in [5.41, 5.74) is 5.51. The monoisotopic (exact) mass is 345 g/mol. The molecule has 0 aliphatic heterocycles. The Morgan fingerprint density at radius 2 is 1.95 bits per heavy atom. The van der Waals surface area contributed by atoms with Crippen LogP contribution in [-0.4, -0.2) is 64.2 Å². The van der Waals surface area contributed by atoms with Crippen molar-refractivity contribution >= 4 is 34.3 Å². The van der Waals surface area contributed by atoms with Crippen molar-refractivity contribution in [3.05, 3.63) is 0 Å². The lowest BCUT2D eigenvalue weighted by atomic mass is 10.1. The van der Waals surface area contributed by atoms with Gasteiger partial charge in [-0.05, 0) is 13.3 Å². The molecule has 0 bridgehead atoms. The van der Waals surface area contributed by atoms with Gasteiger partial charge in [0.25, 0.3) is 0 Å². The summed E-state index contributed by atoms with van der Waals surface area (Å²) in [5.74, 6) is -0.769. The smallest absolute Gasteiger partial charge is 0.322 e. The van der Waals surface area contributed by atoms with Gasteiger partial charge in [0.15, 0.2) is 0 Å². The quantitative estimate of drug-likeness (QED) is 0.522. The van der Waals surface area contributed by atoms with Gasteiger partial charge in [0.2, 0.25) is 15.9 Å². The highest BCUT2D eigenvalue weighted by Crippen LogP contribution is 2.00. The van der Waals surface area contributed by atoms with E-state index in [9.17, 15) is 18.0 Å². The average molecular weight is 346 g/mol. The fraction of sp³-hybridized carbons (Fsp3) is 0.818. The van der Waals surface area contributed by atoms with Crippen molar-refractivity contribution in [2.45, 2.75) is 25.8 Å². The van der Waals surface area contributed by atoms with E-state index in [0.29, 0.717) is 0 Å². The first kappa shape index (κ1) is 22.4. The maximum Gasteiger partial charge on any atom is 0.322 e. The van der Waals surface area contributed by atoms with Crippen LogP contribution in [0.25, 0.3) is 0 Å². The first-order valence-corrected chi connectivity index (χ1v) is 7.93. The molecule has 0 radical (unpaired) electrons. The second-order valence-electron chi connectivity index (χ2n) is 4.28. The molecule has 0 aliphatic carbocycles. The Balaban J connectivity index is 0. The number of hydrogen-bond donors (Lipinski definition) is 2. The fourth-order valence-corrected chi connectivity index (χ4v) is 1.94. The van der Waals surface area contributed by atoms with Crippen molar-refractivity contribution in [1.82, 2.24) is 9.62 Å². The highest BCUT2D eigenvalue weighted by molar-refractivity contribution is 7.89. The zero-order valence-corrected chi connectivity index (χ0v) is 14.1. The molecule has 21 heavy (non-hydrogen) atoms. The second-order valence-corrected chi connectivity index (χ2v) is 6.38. The number of hydrogen-bond acceptors (Lipinski definition) is 6. The number of carbonyl (C=O) groups excluding carboxylic acids is 2. The number of ether oxygens (including phenoxy) is 1. The number of esters is 1. The van der Waals surface area contributed by atoms with Crippen molar-refractivity contribution < 1.29 is 22.7 Å². The molecule has 3 N–H and O–H groups in total. The maximum absolute atomic E-state index is 11.7. The molecule has 0 heterocycles. The largest absolute Gasteiger partial charge is 0.468 e. The number of nitrogens with two attached hydrogens (primary N) is 1. The van der Waals surface area contributed by atoms with E-state index in [4.69, 9.17) is 5.73 Å². The van der Waals surface area contributed by atoms with Gasteiger partial charge in [-0.15, -0.1) is 12.4 Å². The third-order valence-electron chi connectivity index (χ3n) is 2.75. The minimum Gasteiger partial charge on any atom is -0.468 e. The number of nitrogens with zero attached hydrogens (tertiary/aromatic N) is 1. The summed E-state index contributed by atoms with van der Waals surface area (Å²) in [5, 5.41) is 0. The van der Waals surface area contributed by atoms with Crippen LogP contribution in [0.1, 0.15) is 19.8 Å². The average Bonchev–Trinajstić information content (AvgIpc) is 2.42. The van der Waals surface area contributed by atoms with Crippen LogP contribution in [0.4, 0.5) is 0 Å². The number of carbonyl (C=O) groups is 2. The zero-order chi connectivity index (χ0) is 15.8. The second kappa shape index (κ2) is 10.8. The van der Waals surface area contributed by atoms with Crippen molar-refractivity contribution in [2.75, 3.05) is 33.0 Å². The minimum atomic E-state index is -3.25. The summed E-state index contributed by atoms with van der Waals surface area (Å²) in [4.78, 5) is 24.2. The van der Waals surface area contributed by atoms with Gasteiger partial charge in [-0.3, -0.25) is 9.59 Å². The first-order valence-electron chi connectivity index (χ1n) is 6.28. The molecule has 0 saturated heterocycles. The first-order chi connectivity index (χ1) is 9.23. The Hall–Kier alpha value is -0.900.